The van der Waals surface area contributed by atoms with Crippen molar-refractivity contribution in [1.82, 2.24) is 20.7 Å². The quantitative estimate of drug-likeness (QED) is 0.302. The van der Waals surface area contributed by atoms with Crippen LogP contribution in [0.25, 0.3) is 0 Å². The van der Waals surface area contributed by atoms with Gasteiger partial charge in [0.15, 0.2) is 16.6 Å². The van der Waals surface area contributed by atoms with E-state index in [1.165, 1.54) is 18.2 Å². The van der Waals surface area contributed by atoms with Gasteiger partial charge in [0.05, 0.1) is 29.1 Å². The van der Waals surface area contributed by atoms with Crippen molar-refractivity contribution < 1.29 is 23.8 Å². The zero-order chi connectivity index (χ0) is 19.2. The molecular formula is C15H15BrFN5O4S. The number of nitrogens with one attached hydrogen (secondary N) is 1. The fourth-order valence-corrected chi connectivity index (χ4v) is 3.43. The molecule has 2 N–H and O–H groups in total. The fourth-order valence-electron chi connectivity index (χ4n) is 2.27. The Morgan fingerprint density at radius 2 is 2.19 bits per heavy atom. The van der Waals surface area contributed by atoms with Crippen molar-refractivity contribution in [2.75, 3.05) is 32.1 Å². The Balaban J connectivity index is 1.72. The van der Waals surface area contributed by atoms with E-state index in [1.807, 2.05) is 5.48 Å². The number of nitrogens with zero attached hydrogens (tertiary/aromatic N) is 4. The molecule has 1 aliphatic heterocycles. The lowest BCUT2D eigenvalue weighted by Gasteiger charge is -2.26. The number of benzene rings is 1. The van der Waals surface area contributed by atoms with Crippen LogP contribution in [0, 0.1) is 5.82 Å². The molecule has 1 amide bonds. The van der Waals surface area contributed by atoms with Crippen molar-refractivity contribution in [2.45, 2.75) is 5.03 Å². The standard InChI is InChI=1S/C15H15BrFN5O4S/c16-10-7-9(1-2-11(10)17)18-14(19-24)13-15(21-26-20-13)27-8-12(23)22-3-5-25-6-4-22/h1-2,7,24H,3-6,8H2,(H,18,19). The molecule has 0 unspecified atom stereocenters. The summed E-state index contributed by atoms with van der Waals surface area (Å²) in [5.41, 5.74) is 2.43. The summed E-state index contributed by atoms with van der Waals surface area (Å²) in [4.78, 5) is 18.1. The number of aromatic nitrogens is 2. The van der Waals surface area contributed by atoms with E-state index in [9.17, 15) is 14.4 Å². The second-order valence-electron chi connectivity index (χ2n) is 5.37. The predicted octanol–water partition coefficient (Wildman–Crippen LogP) is 1.98. The number of halogens is 2. The molecule has 27 heavy (non-hydrogen) atoms. The zero-order valence-electron chi connectivity index (χ0n) is 13.9. The first kappa shape index (κ1) is 19.7. The first-order valence-electron chi connectivity index (χ1n) is 7.83. The number of rotatable bonds is 5. The van der Waals surface area contributed by atoms with Gasteiger partial charge in [-0.25, -0.2) is 14.0 Å². The van der Waals surface area contributed by atoms with Gasteiger partial charge in [0.1, 0.15) is 5.82 Å². The zero-order valence-corrected chi connectivity index (χ0v) is 16.3. The summed E-state index contributed by atoms with van der Waals surface area (Å²) < 4.78 is 23.5. The van der Waals surface area contributed by atoms with Crippen molar-refractivity contribution in [3.63, 3.8) is 0 Å². The molecule has 9 nitrogen and oxygen atoms in total. The molecule has 0 radical (unpaired) electrons. The molecule has 1 fully saturated rings. The van der Waals surface area contributed by atoms with E-state index < -0.39 is 5.82 Å². The lowest BCUT2D eigenvalue weighted by Crippen LogP contribution is -2.41. The number of thioether (sulfide) groups is 1. The average molecular weight is 460 g/mol. The van der Waals surface area contributed by atoms with Crippen LogP contribution in [0.2, 0.25) is 0 Å². The number of amides is 1. The van der Waals surface area contributed by atoms with Gasteiger partial charge in [0, 0.05) is 13.1 Å². The minimum absolute atomic E-state index is 0.0453. The third-order valence-electron chi connectivity index (χ3n) is 3.63. The summed E-state index contributed by atoms with van der Waals surface area (Å²) >= 11 is 4.19. The van der Waals surface area contributed by atoms with Crippen molar-refractivity contribution >= 4 is 45.1 Å². The SMILES string of the molecule is O=C(CSc1nonc1C(=Nc1ccc(F)c(Br)c1)NO)N1CCOCC1. The number of aliphatic imine (C=N–C) groups is 1. The van der Waals surface area contributed by atoms with Crippen molar-refractivity contribution in [2.24, 2.45) is 4.99 Å². The molecule has 12 heteroatoms. The molecule has 1 aromatic heterocycles. The second-order valence-corrected chi connectivity index (χ2v) is 7.19. The smallest absolute Gasteiger partial charge is 0.233 e. The number of carbonyl (C=O) groups excluding carboxylic acids is 1. The maximum absolute atomic E-state index is 13.3. The molecule has 3 rings (SSSR count). The molecule has 0 atom stereocenters. The highest BCUT2D eigenvalue weighted by molar-refractivity contribution is 9.10. The van der Waals surface area contributed by atoms with Gasteiger partial charge in [-0.3, -0.25) is 15.5 Å². The molecule has 2 heterocycles. The monoisotopic (exact) mass is 459 g/mol. The van der Waals surface area contributed by atoms with Crippen molar-refractivity contribution in [3.8, 4) is 0 Å². The Bertz CT molecular complexity index is 843. The van der Waals surface area contributed by atoms with E-state index in [1.54, 1.807) is 4.90 Å². The summed E-state index contributed by atoms with van der Waals surface area (Å²) in [5, 5.41) is 17.2. The molecule has 1 saturated heterocycles. The molecule has 0 saturated carbocycles. The van der Waals surface area contributed by atoms with Gasteiger partial charge in [-0.1, -0.05) is 11.8 Å². The van der Waals surface area contributed by atoms with Gasteiger partial charge < -0.3 is 9.64 Å². The summed E-state index contributed by atoms with van der Waals surface area (Å²) in [6.45, 7) is 2.14. The molecule has 0 aliphatic carbocycles. The van der Waals surface area contributed by atoms with Crippen LogP contribution in [-0.2, 0) is 9.53 Å². The highest BCUT2D eigenvalue weighted by Crippen LogP contribution is 2.24. The van der Waals surface area contributed by atoms with Crippen LogP contribution >= 0.6 is 27.7 Å². The van der Waals surface area contributed by atoms with Crippen molar-refractivity contribution in [3.05, 3.63) is 34.2 Å². The number of hydroxylamine groups is 1. The molecule has 2 aromatic rings. The van der Waals surface area contributed by atoms with Gasteiger partial charge in [0.25, 0.3) is 0 Å². The van der Waals surface area contributed by atoms with E-state index in [-0.39, 0.29) is 32.7 Å². The highest BCUT2D eigenvalue weighted by atomic mass is 79.9. The summed E-state index contributed by atoms with van der Waals surface area (Å²) in [5.74, 6) is -0.415. The number of amidine groups is 1. The van der Waals surface area contributed by atoms with E-state index >= 15 is 0 Å². The van der Waals surface area contributed by atoms with Gasteiger partial charge >= 0.3 is 0 Å². The number of ether oxygens (including phenoxy) is 1. The Kier molecular flexibility index (Phi) is 6.77. The molecule has 1 aliphatic rings. The van der Waals surface area contributed by atoms with Crippen LogP contribution in [0.5, 0.6) is 0 Å². The van der Waals surface area contributed by atoms with E-state index in [0.29, 0.717) is 32.0 Å². The van der Waals surface area contributed by atoms with Gasteiger partial charge in [-0.15, -0.1) is 0 Å². The molecule has 0 spiro atoms. The Morgan fingerprint density at radius 1 is 1.41 bits per heavy atom. The first-order chi connectivity index (χ1) is 13.1. The minimum atomic E-state index is -0.437. The topological polar surface area (TPSA) is 113 Å². The van der Waals surface area contributed by atoms with E-state index in [2.05, 4.69) is 31.2 Å². The highest BCUT2D eigenvalue weighted by Gasteiger charge is 2.21. The normalized spacial score (nSPS) is 15.1. The first-order valence-corrected chi connectivity index (χ1v) is 9.61. The number of hydrogen-bond acceptors (Lipinski definition) is 8. The van der Waals surface area contributed by atoms with E-state index in [4.69, 9.17) is 9.37 Å². The van der Waals surface area contributed by atoms with Gasteiger partial charge in [0.2, 0.25) is 5.91 Å². The Hall–Kier alpha value is -2.02. The maximum Gasteiger partial charge on any atom is 0.233 e. The predicted molar refractivity (Wildman–Crippen MR) is 97.6 cm³/mol. The average Bonchev–Trinajstić information content (AvgIpc) is 3.16. The Morgan fingerprint density at radius 3 is 2.89 bits per heavy atom. The third-order valence-corrected chi connectivity index (χ3v) is 5.17. The molecule has 0 bridgehead atoms. The molecule has 1 aromatic carbocycles. The lowest BCUT2D eigenvalue weighted by molar-refractivity contribution is -0.132. The van der Waals surface area contributed by atoms with Crippen LogP contribution in [0.4, 0.5) is 10.1 Å². The van der Waals surface area contributed by atoms with Crippen LogP contribution in [0.1, 0.15) is 5.69 Å². The van der Waals surface area contributed by atoms with Crippen LogP contribution in [0.3, 0.4) is 0 Å². The van der Waals surface area contributed by atoms with Crippen LogP contribution < -0.4 is 5.48 Å². The number of morpholine rings is 1. The summed E-state index contributed by atoms with van der Waals surface area (Å²) in [6, 6.07) is 4.10. The third kappa shape index (κ3) is 5.03. The minimum Gasteiger partial charge on any atom is -0.378 e. The van der Waals surface area contributed by atoms with Gasteiger partial charge in [-0.2, -0.15) is 0 Å². The molecular weight excluding hydrogens is 445 g/mol. The van der Waals surface area contributed by atoms with E-state index in [0.717, 1.165) is 11.8 Å². The van der Waals surface area contributed by atoms with Crippen LogP contribution in [-0.4, -0.2) is 64.2 Å². The van der Waals surface area contributed by atoms with Crippen LogP contribution in [0.15, 0.2) is 37.3 Å². The van der Waals surface area contributed by atoms with Crippen molar-refractivity contribution in [1.29, 1.82) is 0 Å². The Labute approximate surface area is 166 Å². The maximum atomic E-state index is 13.3. The number of hydrogen-bond donors (Lipinski definition) is 2. The fraction of sp³-hybridized carbons (Fsp3) is 0.333. The number of carbonyl (C=O) groups is 1. The lowest BCUT2D eigenvalue weighted by atomic mass is 10.3. The molecule has 144 valence electrons. The summed E-state index contributed by atoms with van der Waals surface area (Å²) in [6.07, 6.45) is 0. The second kappa shape index (κ2) is 9.26. The largest absolute Gasteiger partial charge is 0.378 e. The van der Waals surface area contributed by atoms with Gasteiger partial charge in [-0.05, 0) is 44.4 Å². The summed E-state index contributed by atoms with van der Waals surface area (Å²) in [7, 11) is 0.